The minimum absolute atomic E-state index is 0.632. The largest absolute Gasteiger partial charge is 0.354 e. The van der Waals surface area contributed by atoms with Gasteiger partial charge < -0.3 is 9.88 Å². The number of aromatic nitrogens is 1. The fourth-order valence-electron chi connectivity index (χ4n) is 2.60. The third-order valence-electron chi connectivity index (χ3n) is 4.17. The van der Waals surface area contributed by atoms with Gasteiger partial charge in [0.2, 0.25) is 0 Å². The van der Waals surface area contributed by atoms with E-state index in [-0.39, 0.29) is 0 Å². The Morgan fingerprint density at radius 1 is 1.38 bits per heavy atom. The van der Waals surface area contributed by atoms with Crippen molar-refractivity contribution in [1.29, 1.82) is 0 Å². The van der Waals surface area contributed by atoms with Crippen molar-refractivity contribution >= 4 is 0 Å². The lowest BCUT2D eigenvalue weighted by atomic mass is 9.67. The van der Waals surface area contributed by atoms with E-state index < -0.39 is 0 Å². The Balaban J connectivity index is 1.75. The summed E-state index contributed by atoms with van der Waals surface area (Å²) in [5, 5.41) is 3.62. The Morgan fingerprint density at radius 3 is 2.69 bits per heavy atom. The van der Waals surface area contributed by atoms with Gasteiger partial charge in [0.15, 0.2) is 0 Å². The van der Waals surface area contributed by atoms with Gasteiger partial charge >= 0.3 is 0 Å². The number of rotatable bonds is 6. The highest BCUT2D eigenvalue weighted by atomic mass is 14.9. The van der Waals surface area contributed by atoms with E-state index in [1.807, 2.05) is 0 Å². The highest BCUT2D eigenvalue weighted by Crippen LogP contribution is 2.43. The lowest BCUT2D eigenvalue weighted by Crippen LogP contribution is -2.39. The predicted octanol–water partition coefficient (Wildman–Crippen LogP) is 3.18. The quantitative estimate of drug-likeness (QED) is 0.779. The molecule has 0 bridgehead atoms. The molecule has 0 atom stereocenters. The number of nitrogens with one attached hydrogen (secondary N) is 1. The molecule has 1 fully saturated rings. The van der Waals surface area contributed by atoms with Crippen molar-refractivity contribution in [3.63, 3.8) is 0 Å². The Morgan fingerprint density at radius 2 is 2.19 bits per heavy atom. The first kappa shape index (κ1) is 11.7. The van der Waals surface area contributed by atoms with Crippen LogP contribution in [0.15, 0.2) is 18.5 Å². The average molecular weight is 220 g/mol. The molecule has 1 aliphatic carbocycles. The summed E-state index contributed by atoms with van der Waals surface area (Å²) < 4.78 is 2.23. The van der Waals surface area contributed by atoms with Crippen molar-refractivity contribution in [1.82, 2.24) is 9.88 Å². The molecule has 90 valence electrons. The van der Waals surface area contributed by atoms with E-state index in [0.29, 0.717) is 5.41 Å². The standard InChI is InChI=1S/C14H24N2/c1-3-14(7-5-8-14)12-15-10-13-6-9-16(4-2)11-13/h6,9,11,15H,3-5,7-8,10,12H2,1-2H3. The van der Waals surface area contributed by atoms with E-state index >= 15 is 0 Å². The van der Waals surface area contributed by atoms with Crippen molar-refractivity contribution in [2.45, 2.75) is 52.6 Å². The van der Waals surface area contributed by atoms with Gasteiger partial charge in [0.25, 0.3) is 0 Å². The highest BCUT2D eigenvalue weighted by molar-refractivity contribution is 5.10. The van der Waals surface area contributed by atoms with Gasteiger partial charge in [-0.25, -0.2) is 0 Å². The fraction of sp³-hybridized carbons (Fsp3) is 0.714. The summed E-state index contributed by atoms with van der Waals surface area (Å²) in [5.74, 6) is 0. The van der Waals surface area contributed by atoms with Crippen LogP contribution in [-0.4, -0.2) is 11.1 Å². The molecule has 2 rings (SSSR count). The zero-order valence-electron chi connectivity index (χ0n) is 10.6. The first-order valence-electron chi connectivity index (χ1n) is 6.63. The summed E-state index contributed by atoms with van der Waals surface area (Å²) >= 11 is 0. The second-order valence-electron chi connectivity index (χ2n) is 5.16. The van der Waals surface area contributed by atoms with E-state index in [4.69, 9.17) is 0 Å². The molecule has 0 saturated heterocycles. The van der Waals surface area contributed by atoms with Gasteiger partial charge in [0.05, 0.1) is 0 Å². The molecule has 2 nitrogen and oxygen atoms in total. The van der Waals surface area contributed by atoms with Crippen LogP contribution in [-0.2, 0) is 13.1 Å². The second-order valence-corrected chi connectivity index (χ2v) is 5.16. The summed E-state index contributed by atoms with van der Waals surface area (Å²) in [6, 6.07) is 2.22. The minimum Gasteiger partial charge on any atom is -0.354 e. The maximum Gasteiger partial charge on any atom is 0.0220 e. The molecule has 0 spiro atoms. The molecule has 2 heteroatoms. The van der Waals surface area contributed by atoms with Crippen LogP contribution >= 0.6 is 0 Å². The van der Waals surface area contributed by atoms with Crippen molar-refractivity contribution in [2.75, 3.05) is 6.54 Å². The van der Waals surface area contributed by atoms with Crippen LogP contribution in [0.5, 0.6) is 0 Å². The fourth-order valence-corrected chi connectivity index (χ4v) is 2.60. The normalized spacial score (nSPS) is 18.4. The highest BCUT2D eigenvalue weighted by Gasteiger charge is 2.34. The van der Waals surface area contributed by atoms with Gasteiger partial charge in [0, 0.05) is 32.0 Å². The van der Waals surface area contributed by atoms with Crippen molar-refractivity contribution in [2.24, 2.45) is 5.41 Å². The molecule has 0 aromatic carbocycles. The van der Waals surface area contributed by atoms with Crippen LogP contribution in [0.3, 0.4) is 0 Å². The van der Waals surface area contributed by atoms with E-state index in [9.17, 15) is 0 Å². The molecule has 1 aliphatic rings. The molecular weight excluding hydrogens is 196 g/mol. The molecular formula is C14H24N2. The summed E-state index contributed by atoms with van der Waals surface area (Å²) in [6.45, 7) is 7.79. The molecule has 1 saturated carbocycles. The number of hydrogen-bond donors (Lipinski definition) is 1. The second kappa shape index (κ2) is 5.05. The smallest absolute Gasteiger partial charge is 0.0220 e. The Kier molecular flexibility index (Phi) is 3.70. The molecule has 1 aromatic heterocycles. The summed E-state index contributed by atoms with van der Waals surface area (Å²) in [4.78, 5) is 0. The van der Waals surface area contributed by atoms with Crippen molar-refractivity contribution in [3.05, 3.63) is 24.0 Å². The van der Waals surface area contributed by atoms with Crippen molar-refractivity contribution in [3.8, 4) is 0 Å². The van der Waals surface area contributed by atoms with Gasteiger partial charge in [-0.3, -0.25) is 0 Å². The average Bonchev–Trinajstić information content (AvgIpc) is 2.70. The molecule has 1 heterocycles. The number of aryl methyl sites for hydroxylation is 1. The summed E-state index contributed by atoms with van der Waals surface area (Å²) in [7, 11) is 0. The number of hydrogen-bond acceptors (Lipinski definition) is 1. The van der Waals surface area contributed by atoms with Crippen LogP contribution in [0.2, 0.25) is 0 Å². The zero-order chi connectivity index (χ0) is 11.4. The van der Waals surface area contributed by atoms with Crippen molar-refractivity contribution < 1.29 is 0 Å². The maximum atomic E-state index is 3.62. The van der Waals surface area contributed by atoms with Gasteiger partial charge in [0.1, 0.15) is 0 Å². The molecule has 0 radical (unpaired) electrons. The van der Waals surface area contributed by atoms with Gasteiger partial charge in [-0.15, -0.1) is 0 Å². The minimum atomic E-state index is 0.632. The van der Waals surface area contributed by atoms with Crippen LogP contribution in [0.4, 0.5) is 0 Å². The van der Waals surface area contributed by atoms with Gasteiger partial charge in [-0.05, 0) is 43.2 Å². The van der Waals surface area contributed by atoms with Crippen LogP contribution in [0.1, 0.15) is 45.1 Å². The lowest BCUT2D eigenvalue weighted by Gasteiger charge is -2.41. The third-order valence-corrected chi connectivity index (χ3v) is 4.17. The third kappa shape index (κ3) is 2.49. The summed E-state index contributed by atoms with van der Waals surface area (Å²) in [5.41, 5.74) is 2.04. The molecule has 1 aromatic rings. The van der Waals surface area contributed by atoms with Crippen LogP contribution in [0.25, 0.3) is 0 Å². The Hall–Kier alpha value is -0.760. The molecule has 16 heavy (non-hydrogen) atoms. The first-order valence-corrected chi connectivity index (χ1v) is 6.63. The molecule has 0 amide bonds. The van der Waals surface area contributed by atoms with E-state index in [2.05, 4.69) is 42.2 Å². The monoisotopic (exact) mass is 220 g/mol. The van der Waals surface area contributed by atoms with E-state index in [1.54, 1.807) is 0 Å². The SMILES string of the molecule is CCn1ccc(CNCC2(CC)CCC2)c1. The molecule has 1 N–H and O–H groups in total. The van der Waals surface area contributed by atoms with Gasteiger partial charge in [-0.1, -0.05) is 13.3 Å². The van der Waals surface area contributed by atoms with E-state index in [0.717, 1.165) is 13.1 Å². The lowest BCUT2D eigenvalue weighted by molar-refractivity contribution is 0.124. The maximum absolute atomic E-state index is 3.62. The van der Waals surface area contributed by atoms with Gasteiger partial charge in [-0.2, -0.15) is 0 Å². The van der Waals surface area contributed by atoms with E-state index in [1.165, 1.54) is 37.8 Å². The molecule has 0 unspecified atom stereocenters. The summed E-state index contributed by atoms with van der Waals surface area (Å²) in [6.07, 6.45) is 10.0. The predicted molar refractivity (Wildman–Crippen MR) is 68.4 cm³/mol. The van der Waals surface area contributed by atoms with Crippen LogP contribution in [0, 0.1) is 5.41 Å². The zero-order valence-corrected chi connectivity index (χ0v) is 10.6. The number of nitrogens with zero attached hydrogens (tertiary/aromatic N) is 1. The Bertz CT molecular complexity index is 318. The molecule has 0 aliphatic heterocycles. The van der Waals surface area contributed by atoms with Crippen LogP contribution < -0.4 is 5.32 Å². The Labute approximate surface area is 99.0 Å². The first-order chi connectivity index (χ1) is 7.78. The topological polar surface area (TPSA) is 17.0 Å².